The van der Waals surface area contributed by atoms with Crippen LogP contribution in [0.25, 0.3) is 0 Å². The summed E-state index contributed by atoms with van der Waals surface area (Å²) < 4.78 is 0.834. The summed E-state index contributed by atoms with van der Waals surface area (Å²) in [5, 5.41) is 8.49. The van der Waals surface area contributed by atoms with Crippen LogP contribution in [-0.2, 0) is 6.42 Å². The number of hydrogen-bond acceptors (Lipinski definition) is 3. The van der Waals surface area contributed by atoms with Gasteiger partial charge in [0.25, 0.3) is 0 Å². The fraction of sp³-hybridized carbons (Fsp3) is 0.636. The standard InChI is InChI=1S/C11H15BrClN3/c1-2-16-5-3-4-9(16)6-8-7-10(12)11(13)15-14-8/h7,9H,2-6H2,1H3. The second kappa shape index (κ2) is 5.43. The molecule has 0 saturated carbocycles. The van der Waals surface area contributed by atoms with Gasteiger partial charge in [0.05, 0.1) is 10.2 Å². The van der Waals surface area contributed by atoms with Crippen molar-refractivity contribution in [2.75, 3.05) is 13.1 Å². The molecule has 0 N–H and O–H groups in total. The third-order valence-electron chi connectivity index (χ3n) is 3.11. The van der Waals surface area contributed by atoms with Crippen molar-refractivity contribution < 1.29 is 0 Å². The summed E-state index contributed by atoms with van der Waals surface area (Å²) in [5.74, 6) is 0. The lowest BCUT2D eigenvalue weighted by Gasteiger charge is -2.22. The molecule has 0 spiro atoms. The van der Waals surface area contributed by atoms with Crippen molar-refractivity contribution in [1.82, 2.24) is 15.1 Å². The minimum Gasteiger partial charge on any atom is -0.300 e. The first-order chi connectivity index (χ1) is 7.70. The number of halogens is 2. The largest absolute Gasteiger partial charge is 0.300 e. The molecule has 1 aliphatic heterocycles. The van der Waals surface area contributed by atoms with E-state index in [2.05, 4.69) is 38.0 Å². The van der Waals surface area contributed by atoms with Crippen LogP contribution in [0.15, 0.2) is 10.5 Å². The van der Waals surface area contributed by atoms with Crippen molar-refractivity contribution in [2.24, 2.45) is 0 Å². The van der Waals surface area contributed by atoms with Gasteiger partial charge in [-0.3, -0.25) is 0 Å². The summed E-state index contributed by atoms with van der Waals surface area (Å²) in [7, 11) is 0. The Balaban J connectivity index is 2.05. The molecule has 3 nitrogen and oxygen atoms in total. The molecule has 88 valence electrons. The molecule has 1 aliphatic rings. The molecule has 0 amide bonds. The van der Waals surface area contributed by atoms with E-state index in [1.807, 2.05) is 6.07 Å². The van der Waals surface area contributed by atoms with Gasteiger partial charge in [-0.15, -0.1) is 5.10 Å². The van der Waals surface area contributed by atoms with Gasteiger partial charge in [0.1, 0.15) is 0 Å². The smallest absolute Gasteiger partial charge is 0.165 e. The molecule has 2 heterocycles. The third kappa shape index (κ3) is 2.73. The lowest BCUT2D eigenvalue weighted by molar-refractivity contribution is 0.264. The molecule has 0 aromatic carbocycles. The maximum absolute atomic E-state index is 5.82. The van der Waals surface area contributed by atoms with Gasteiger partial charge in [0, 0.05) is 12.5 Å². The van der Waals surface area contributed by atoms with E-state index in [-0.39, 0.29) is 0 Å². The quantitative estimate of drug-likeness (QED) is 0.860. The van der Waals surface area contributed by atoms with E-state index < -0.39 is 0 Å². The highest BCUT2D eigenvalue weighted by Gasteiger charge is 2.23. The summed E-state index contributed by atoms with van der Waals surface area (Å²) in [5.41, 5.74) is 1.02. The molecule has 1 saturated heterocycles. The summed E-state index contributed by atoms with van der Waals surface area (Å²) in [6, 6.07) is 2.59. The molecule has 0 aliphatic carbocycles. The molecular formula is C11H15BrClN3. The van der Waals surface area contributed by atoms with Crippen molar-refractivity contribution in [3.63, 3.8) is 0 Å². The first-order valence-corrected chi connectivity index (χ1v) is 6.79. The second-order valence-electron chi connectivity index (χ2n) is 4.10. The van der Waals surface area contributed by atoms with E-state index in [9.17, 15) is 0 Å². The minimum atomic E-state index is 0.433. The summed E-state index contributed by atoms with van der Waals surface area (Å²) >= 11 is 9.20. The van der Waals surface area contributed by atoms with Crippen LogP contribution in [-0.4, -0.2) is 34.2 Å². The van der Waals surface area contributed by atoms with E-state index in [0.717, 1.165) is 23.1 Å². The lowest BCUT2D eigenvalue weighted by Crippen LogP contribution is -2.31. The van der Waals surface area contributed by atoms with E-state index in [1.54, 1.807) is 0 Å². The summed E-state index contributed by atoms with van der Waals surface area (Å²) in [6.45, 7) is 4.54. The Morgan fingerprint density at radius 3 is 3.06 bits per heavy atom. The zero-order valence-electron chi connectivity index (χ0n) is 9.29. The first-order valence-electron chi connectivity index (χ1n) is 5.62. The number of nitrogens with zero attached hydrogens (tertiary/aromatic N) is 3. The van der Waals surface area contributed by atoms with Crippen molar-refractivity contribution in [3.05, 3.63) is 21.4 Å². The maximum atomic E-state index is 5.82. The van der Waals surface area contributed by atoms with Gasteiger partial charge in [-0.25, -0.2) is 0 Å². The van der Waals surface area contributed by atoms with Crippen LogP contribution in [0, 0.1) is 0 Å². The molecule has 0 radical (unpaired) electrons. The Hall–Kier alpha value is -0.190. The minimum absolute atomic E-state index is 0.433. The van der Waals surface area contributed by atoms with Crippen LogP contribution in [0.2, 0.25) is 5.15 Å². The van der Waals surface area contributed by atoms with Crippen LogP contribution >= 0.6 is 27.5 Å². The van der Waals surface area contributed by atoms with Crippen molar-refractivity contribution in [2.45, 2.75) is 32.2 Å². The average molecular weight is 305 g/mol. The van der Waals surface area contributed by atoms with Crippen LogP contribution in [0.1, 0.15) is 25.5 Å². The van der Waals surface area contributed by atoms with Crippen LogP contribution < -0.4 is 0 Å². The Kier molecular flexibility index (Phi) is 4.16. The highest BCUT2D eigenvalue weighted by Crippen LogP contribution is 2.23. The third-order valence-corrected chi connectivity index (χ3v) is 4.22. The van der Waals surface area contributed by atoms with E-state index >= 15 is 0 Å². The monoisotopic (exact) mass is 303 g/mol. The first kappa shape index (κ1) is 12.3. The van der Waals surface area contributed by atoms with Crippen LogP contribution in [0.4, 0.5) is 0 Å². The molecule has 1 unspecified atom stereocenters. The Bertz CT molecular complexity index is 372. The van der Waals surface area contributed by atoms with E-state index in [1.165, 1.54) is 19.4 Å². The molecule has 5 heteroatoms. The topological polar surface area (TPSA) is 29.0 Å². The van der Waals surface area contributed by atoms with Crippen LogP contribution in [0.5, 0.6) is 0 Å². The van der Waals surface area contributed by atoms with Gasteiger partial charge in [-0.2, -0.15) is 5.10 Å². The highest BCUT2D eigenvalue weighted by atomic mass is 79.9. The number of likely N-dealkylation sites (tertiary alicyclic amines) is 1. The number of likely N-dealkylation sites (N-methyl/N-ethyl adjacent to an activating group) is 1. The van der Waals surface area contributed by atoms with Gasteiger partial charge >= 0.3 is 0 Å². The SMILES string of the molecule is CCN1CCCC1Cc1cc(Br)c(Cl)nn1. The normalized spacial score (nSPS) is 21.6. The molecule has 2 rings (SSSR count). The van der Waals surface area contributed by atoms with Gasteiger partial charge in [-0.05, 0) is 47.9 Å². The summed E-state index contributed by atoms with van der Waals surface area (Å²) in [4.78, 5) is 2.50. The van der Waals surface area contributed by atoms with Gasteiger partial charge in [-0.1, -0.05) is 18.5 Å². The molecular weight excluding hydrogens is 289 g/mol. The molecule has 1 fully saturated rings. The fourth-order valence-electron chi connectivity index (χ4n) is 2.27. The zero-order chi connectivity index (χ0) is 11.5. The highest BCUT2D eigenvalue weighted by molar-refractivity contribution is 9.10. The second-order valence-corrected chi connectivity index (χ2v) is 5.32. The Labute approximate surface area is 109 Å². The van der Waals surface area contributed by atoms with Crippen molar-refractivity contribution in [1.29, 1.82) is 0 Å². The van der Waals surface area contributed by atoms with Crippen molar-refractivity contribution in [3.8, 4) is 0 Å². The average Bonchev–Trinajstić information content (AvgIpc) is 2.71. The van der Waals surface area contributed by atoms with Gasteiger partial charge in [0.2, 0.25) is 0 Å². The zero-order valence-corrected chi connectivity index (χ0v) is 11.6. The van der Waals surface area contributed by atoms with Gasteiger partial charge in [0.15, 0.2) is 5.15 Å². The molecule has 0 bridgehead atoms. The summed E-state index contributed by atoms with van der Waals surface area (Å²) in [6.07, 6.45) is 3.52. The fourth-order valence-corrected chi connectivity index (χ4v) is 2.71. The van der Waals surface area contributed by atoms with E-state index in [0.29, 0.717) is 11.2 Å². The maximum Gasteiger partial charge on any atom is 0.165 e. The molecule has 16 heavy (non-hydrogen) atoms. The van der Waals surface area contributed by atoms with E-state index in [4.69, 9.17) is 11.6 Å². The molecule has 1 atom stereocenters. The Morgan fingerprint density at radius 1 is 1.56 bits per heavy atom. The number of aromatic nitrogens is 2. The van der Waals surface area contributed by atoms with Crippen LogP contribution in [0.3, 0.4) is 0 Å². The van der Waals surface area contributed by atoms with Gasteiger partial charge < -0.3 is 4.90 Å². The predicted molar refractivity (Wildman–Crippen MR) is 68.7 cm³/mol. The lowest BCUT2D eigenvalue weighted by atomic mass is 10.1. The number of hydrogen-bond donors (Lipinski definition) is 0. The number of rotatable bonds is 3. The predicted octanol–water partition coefficient (Wildman–Crippen LogP) is 2.92. The van der Waals surface area contributed by atoms with Crippen molar-refractivity contribution >= 4 is 27.5 Å². The Morgan fingerprint density at radius 2 is 2.38 bits per heavy atom. The molecule has 1 aromatic rings. The molecule has 1 aromatic heterocycles.